The van der Waals surface area contributed by atoms with Crippen LogP contribution in [0.25, 0.3) is 0 Å². The molecule has 2 rings (SSSR count). The molecule has 1 aromatic heterocycles. The van der Waals surface area contributed by atoms with Crippen molar-refractivity contribution in [3.63, 3.8) is 0 Å². The lowest BCUT2D eigenvalue weighted by Gasteiger charge is -2.23. The zero-order valence-electron chi connectivity index (χ0n) is 9.39. The third-order valence-corrected chi connectivity index (χ3v) is 4.53. The van der Waals surface area contributed by atoms with E-state index in [1.807, 2.05) is 6.07 Å². The molecule has 2 heterocycles. The first-order valence-corrected chi connectivity index (χ1v) is 7.32. The van der Waals surface area contributed by atoms with Crippen LogP contribution in [-0.4, -0.2) is 30.9 Å². The molecule has 6 nitrogen and oxygen atoms in total. The molecule has 94 valence electrons. The Hall–Kier alpha value is -1.34. The minimum Gasteiger partial charge on any atom is -0.366 e. The normalized spacial score (nSPS) is 23.0. The van der Waals surface area contributed by atoms with Crippen molar-refractivity contribution in [1.82, 2.24) is 4.98 Å². The highest BCUT2D eigenvalue weighted by molar-refractivity contribution is 7.91. The van der Waals surface area contributed by atoms with Crippen molar-refractivity contribution in [3.05, 3.63) is 18.2 Å². The van der Waals surface area contributed by atoms with E-state index in [4.69, 9.17) is 5.84 Å². The van der Waals surface area contributed by atoms with Crippen LogP contribution in [0.2, 0.25) is 0 Å². The molecule has 0 amide bonds. The van der Waals surface area contributed by atoms with Crippen molar-refractivity contribution in [1.29, 1.82) is 0 Å². The van der Waals surface area contributed by atoms with Gasteiger partial charge in [0, 0.05) is 6.04 Å². The van der Waals surface area contributed by atoms with Gasteiger partial charge in [-0.05, 0) is 25.0 Å². The molecule has 1 unspecified atom stereocenters. The summed E-state index contributed by atoms with van der Waals surface area (Å²) < 4.78 is 23.0. The van der Waals surface area contributed by atoms with Gasteiger partial charge in [-0.15, -0.1) is 0 Å². The fourth-order valence-electron chi connectivity index (χ4n) is 1.94. The summed E-state index contributed by atoms with van der Waals surface area (Å²) >= 11 is 0. The summed E-state index contributed by atoms with van der Waals surface area (Å²) in [5, 5.41) is 3.13. The van der Waals surface area contributed by atoms with Crippen LogP contribution in [0.1, 0.15) is 12.8 Å². The summed E-state index contributed by atoms with van der Waals surface area (Å²) in [4.78, 5) is 4.19. The maximum absolute atomic E-state index is 11.5. The molecule has 17 heavy (non-hydrogen) atoms. The van der Waals surface area contributed by atoms with Crippen LogP contribution in [0.4, 0.5) is 11.6 Å². The number of hydrogen-bond acceptors (Lipinski definition) is 6. The van der Waals surface area contributed by atoms with E-state index >= 15 is 0 Å². The van der Waals surface area contributed by atoms with Gasteiger partial charge in [0.25, 0.3) is 0 Å². The van der Waals surface area contributed by atoms with Crippen molar-refractivity contribution in [2.45, 2.75) is 18.9 Å². The van der Waals surface area contributed by atoms with Crippen LogP contribution in [-0.2, 0) is 9.84 Å². The summed E-state index contributed by atoms with van der Waals surface area (Å²) in [6.45, 7) is 0. The zero-order chi connectivity index (χ0) is 12.3. The van der Waals surface area contributed by atoms with Crippen molar-refractivity contribution >= 4 is 21.5 Å². The van der Waals surface area contributed by atoms with Crippen LogP contribution < -0.4 is 16.6 Å². The van der Waals surface area contributed by atoms with E-state index in [-0.39, 0.29) is 11.8 Å². The standard InChI is InChI=1S/C10H16N4O2S/c11-14-10-5-1-4-9(13-10)12-8-3-2-6-17(15,16)7-8/h1,4-5,8H,2-3,6-7,11H2,(H2,12,13,14). The zero-order valence-corrected chi connectivity index (χ0v) is 10.2. The predicted octanol–water partition coefficient (Wildman–Crippen LogP) is 0.356. The molecule has 1 saturated heterocycles. The van der Waals surface area contributed by atoms with Gasteiger partial charge in [0.05, 0.1) is 11.5 Å². The first kappa shape index (κ1) is 12.1. The molecule has 1 fully saturated rings. The Bertz CT molecular complexity index is 489. The Morgan fingerprint density at radius 1 is 1.35 bits per heavy atom. The van der Waals surface area contributed by atoms with E-state index in [1.54, 1.807) is 12.1 Å². The number of hydrazine groups is 1. The molecule has 1 atom stereocenters. The second-order valence-electron chi connectivity index (χ2n) is 4.15. The van der Waals surface area contributed by atoms with Gasteiger partial charge in [0.2, 0.25) is 0 Å². The summed E-state index contributed by atoms with van der Waals surface area (Å²) in [5.41, 5.74) is 2.45. The molecular weight excluding hydrogens is 240 g/mol. The van der Waals surface area contributed by atoms with Gasteiger partial charge in [-0.3, -0.25) is 0 Å². The fraction of sp³-hybridized carbons (Fsp3) is 0.500. The highest BCUT2D eigenvalue weighted by Crippen LogP contribution is 2.17. The minimum atomic E-state index is -2.90. The number of nitrogens with one attached hydrogen (secondary N) is 2. The number of nitrogens with zero attached hydrogens (tertiary/aromatic N) is 1. The van der Waals surface area contributed by atoms with Crippen molar-refractivity contribution in [2.75, 3.05) is 22.2 Å². The molecule has 0 aromatic carbocycles. The van der Waals surface area contributed by atoms with Crippen LogP contribution in [0.5, 0.6) is 0 Å². The molecule has 7 heteroatoms. The van der Waals surface area contributed by atoms with Crippen LogP contribution in [0.3, 0.4) is 0 Å². The fourth-order valence-corrected chi connectivity index (χ4v) is 3.58. The number of aromatic nitrogens is 1. The molecule has 1 aromatic rings. The molecule has 0 saturated carbocycles. The first-order valence-electron chi connectivity index (χ1n) is 5.50. The topological polar surface area (TPSA) is 97.1 Å². The largest absolute Gasteiger partial charge is 0.366 e. The van der Waals surface area contributed by atoms with E-state index in [9.17, 15) is 8.42 Å². The summed E-state index contributed by atoms with van der Waals surface area (Å²) in [7, 11) is -2.90. The molecule has 4 N–H and O–H groups in total. The molecule has 0 spiro atoms. The number of hydrogen-bond donors (Lipinski definition) is 3. The lowest BCUT2D eigenvalue weighted by Crippen LogP contribution is -2.35. The van der Waals surface area contributed by atoms with E-state index in [1.165, 1.54) is 0 Å². The van der Waals surface area contributed by atoms with E-state index in [2.05, 4.69) is 15.7 Å². The lowest BCUT2D eigenvalue weighted by molar-refractivity contribution is 0.561. The predicted molar refractivity (Wildman–Crippen MR) is 67.3 cm³/mol. The summed E-state index contributed by atoms with van der Waals surface area (Å²) in [5.74, 6) is 6.92. The molecule has 1 aliphatic rings. The monoisotopic (exact) mass is 256 g/mol. The molecule has 1 aliphatic heterocycles. The minimum absolute atomic E-state index is 0.0609. The average Bonchev–Trinajstić information content (AvgIpc) is 2.28. The second-order valence-corrected chi connectivity index (χ2v) is 6.38. The Balaban J connectivity index is 2.05. The van der Waals surface area contributed by atoms with Crippen LogP contribution in [0.15, 0.2) is 18.2 Å². The van der Waals surface area contributed by atoms with Gasteiger partial charge < -0.3 is 10.7 Å². The Morgan fingerprint density at radius 2 is 2.12 bits per heavy atom. The van der Waals surface area contributed by atoms with Gasteiger partial charge in [0.15, 0.2) is 9.84 Å². The summed E-state index contributed by atoms with van der Waals surface area (Å²) in [6, 6.07) is 5.28. The highest BCUT2D eigenvalue weighted by Gasteiger charge is 2.24. The van der Waals surface area contributed by atoms with E-state index in [0.717, 1.165) is 6.42 Å². The maximum atomic E-state index is 11.5. The first-order chi connectivity index (χ1) is 8.09. The Kier molecular flexibility index (Phi) is 3.49. The number of nitrogens with two attached hydrogens (primary N) is 1. The Morgan fingerprint density at radius 3 is 2.82 bits per heavy atom. The molecule has 0 bridgehead atoms. The number of anilines is 2. The van der Waals surface area contributed by atoms with Crippen molar-refractivity contribution in [3.8, 4) is 0 Å². The molecule has 0 aliphatic carbocycles. The molecule has 0 radical (unpaired) electrons. The summed E-state index contributed by atoms with van der Waals surface area (Å²) in [6.07, 6.45) is 1.55. The van der Waals surface area contributed by atoms with Crippen molar-refractivity contribution in [2.24, 2.45) is 5.84 Å². The third-order valence-electron chi connectivity index (χ3n) is 2.71. The second kappa shape index (κ2) is 4.89. The molecular formula is C10H16N4O2S. The SMILES string of the molecule is NNc1cccc(NC2CCCS(=O)(=O)C2)n1. The van der Waals surface area contributed by atoms with Gasteiger partial charge in [-0.25, -0.2) is 19.2 Å². The van der Waals surface area contributed by atoms with Crippen LogP contribution >= 0.6 is 0 Å². The quantitative estimate of drug-likeness (QED) is 0.533. The highest BCUT2D eigenvalue weighted by atomic mass is 32.2. The van der Waals surface area contributed by atoms with Gasteiger partial charge in [0.1, 0.15) is 11.6 Å². The Labute approximate surface area is 101 Å². The van der Waals surface area contributed by atoms with Gasteiger partial charge >= 0.3 is 0 Å². The van der Waals surface area contributed by atoms with Crippen molar-refractivity contribution < 1.29 is 8.42 Å². The van der Waals surface area contributed by atoms with Crippen LogP contribution in [0, 0.1) is 0 Å². The number of rotatable bonds is 3. The van der Waals surface area contributed by atoms with E-state index < -0.39 is 9.84 Å². The van der Waals surface area contributed by atoms with E-state index in [0.29, 0.717) is 23.8 Å². The van der Waals surface area contributed by atoms with Gasteiger partial charge in [-0.2, -0.15) is 0 Å². The lowest BCUT2D eigenvalue weighted by atomic mass is 10.2. The average molecular weight is 256 g/mol. The number of sulfone groups is 1. The third kappa shape index (κ3) is 3.31. The smallest absolute Gasteiger partial charge is 0.152 e. The number of pyridine rings is 1. The van der Waals surface area contributed by atoms with Gasteiger partial charge in [-0.1, -0.05) is 6.07 Å². The maximum Gasteiger partial charge on any atom is 0.152 e. The number of nitrogen functional groups attached to an aromatic ring is 1.